The Morgan fingerprint density at radius 1 is 0.773 bits per heavy atom. The van der Waals surface area contributed by atoms with E-state index in [0.29, 0.717) is 0 Å². The van der Waals surface area contributed by atoms with Crippen LogP contribution in [0.4, 0.5) is 5.69 Å². The summed E-state index contributed by atoms with van der Waals surface area (Å²) in [7, 11) is 0. The summed E-state index contributed by atoms with van der Waals surface area (Å²) >= 11 is 0. The predicted octanol–water partition coefficient (Wildman–Crippen LogP) is 5.06. The zero-order chi connectivity index (χ0) is 15.0. The molecule has 1 N–H and O–H groups in total. The Bertz CT molecular complexity index is 702. The van der Waals surface area contributed by atoms with E-state index in [1.54, 1.807) is 0 Å². The Labute approximate surface area is 132 Å². The van der Waals surface area contributed by atoms with Crippen LogP contribution in [0.2, 0.25) is 0 Å². The molecule has 0 spiro atoms. The zero-order valence-corrected chi connectivity index (χ0v) is 12.8. The van der Waals surface area contributed by atoms with E-state index in [-0.39, 0.29) is 0 Å². The number of nitrogens with zero attached hydrogens (tertiary/aromatic N) is 1. The highest BCUT2D eigenvalue weighted by atomic mass is 14.9. The first-order valence-corrected chi connectivity index (χ1v) is 8.05. The molecule has 0 aliphatic rings. The number of anilines is 1. The normalized spacial score (nSPS) is 10.7. The predicted molar refractivity (Wildman–Crippen MR) is 94.2 cm³/mol. The summed E-state index contributed by atoms with van der Waals surface area (Å²) in [4.78, 5) is 4.39. The summed E-state index contributed by atoms with van der Waals surface area (Å²) in [6, 6.07) is 21.1. The molecule has 22 heavy (non-hydrogen) atoms. The van der Waals surface area contributed by atoms with Crippen LogP contribution in [0.3, 0.4) is 0 Å². The van der Waals surface area contributed by atoms with Gasteiger partial charge in [0.1, 0.15) is 0 Å². The lowest BCUT2D eigenvalue weighted by Crippen LogP contribution is -2.02. The molecular weight excluding hydrogens is 268 g/mol. The van der Waals surface area contributed by atoms with Gasteiger partial charge in [0.05, 0.1) is 5.52 Å². The minimum atomic E-state index is 1.02. The van der Waals surface area contributed by atoms with Gasteiger partial charge < -0.3 is 5.32 Å². The summed E-state index contributed by atoms with van der Waals surface area (Å²) in [6.07, 6.45) is 6.76. The Kier molecular flexibility index (Phi) is 5.04. The molecule has 0 amide bonds. The number of rotatable bonds is 7. The van der Waals surface area contributed by atoms with Crippen LogP contribution in [-0.2, 0) is 6.42 Å². The molecule has 112 valence electrons. The molecule has 1 heterocycles. The van der Waals surface area contributed by atoms with Gasteiger partial charge in [0.25, 0.3) is 0 Å². The van der Waals surface area contributed by atoms with Gasteiger partial charge >= 0.3 is 0 Å². The smallest absolute Gasteiger partial charge is 0.0722 e. The van der Waals surface area contributed by atoms with Crippen LogP contribution < -0.4 is 5.32 Å². The minimum absolute atomic E-state index is 1.02. The highest BCUT2D eigenvalue weighted by Crippen LogP contribution is 2.20. The summed E-state index contributed by atoms with van der Waals surface area (Å²) in [5, 5.41) is 4.75. The molecule has 2 aromatic carbocycles. The topological polar surface area (TPSA) is 24.9 Å². The third kappa shape index (κ3) is 3.85. The number of benzene rings is 2. The van der Waals surface area contributed by atoms with Crippen LogP contribution in [0.25, 0.3) is 10.9 Å². The Balaban J connectivity index is 1.43. The largest absolute Gasteiger partial charge is 0.384 e. The third-order valence-electron chi connectivity index (χ3n) is 3.95. The van der Waals surface area contributed by atoms with Gasteiger partial charge in [-0.25, -0.2) is 0 Å². The number of pyridine rings is 1. The van der Waals surface area contributed by atoms with Crippen LogP contribution in [0.15, 0.2) is 66.9 Å². The first-order chi connectivity index (χ1) is 10.9. The van der Waals surface area contributed by atoms with Crippen molar-refractivity contribution >= 4 is 16.6 Å². The highest BCUT2D eigenvalue weighted by molar-refractivity contribution is 5.90. The van der Waals surface area contributed by atoms with Crippen LogP contribution in [0.1, 0.15) is 24.8 Å². The number of unbranched alkanes of at least 4 members (excludes halogenated alkanes) is 2. The molecule has 1 aromatic heterocycles. The van der Waals surface area contributed by atoms with Crippen molar-refractivity contribution in [1.82, 2.24) is 4.98 Å². The standard InChI is InChI=1S/C20H22N2/c1-3-9-17(10-4-1)11-5-2-8-15-21-20-14-16-22-19-13-7-6-12-18(19)20/h1,3-4,6-7,9-10,12-14,16H,2,5,8,11,15H2,(H,21,22). The second-order valence-electron chi connectivity index (χ2n) is 5.60. The van der Waals surface area contributed by atoms with Gasteiger partial charge in [-0.1, -0.05) is 55.0 Å². The van der Waals surface area contributed by atoms with Crippen LogP contribution in [0.5, 0.6) is 0 Å². The number of fused-ring (bicyclic) bond motifs is 1. The van der Waals surface area contributed by atoms with Gasteiger partial charge in [-0.3, -0.25) is 4.98 Å². The SMILES string of the molecule is c1ccc(CCCCCNc2ccnc3ccccc23)cc1. The van der Waals surface area contributed by atoms with E-state index in [1.807, 2.05) is 12.3 Å². The van der Waals surface area contributed by atoms with Crippen molar-refractivity contribution in [2.24, 2.45) is 0 Å². The number of para-hydroxylation sites is 1. The van der Waals surface area contributed by atoms with Crippen LogP contribution in [-0.4, -0.2) is 11.5 Å². The fourth-order valence-corrected chi connectivity index (χ4v) is 2.75. The summed E-state index contributed by atoms with van der Waals surface area (Å²) in [5.41, 5.74) is 3.68. The molecule has 0 saturated heterocycles. The van der Waals surface area contributed by atoms with Crippen molar-refractivity contribution in [2.75, 3.05) is 11.9 Å². The lowest BCUT2D eigenvalue weighted by atomic mass is 10.1. The van der Waals surface area contributed by atoms with Crippen molar-refractivity contribution in [3.63, 3.8) is 0 Å². The fraction of sp³-hybridized carbons (Fsp3) is 0.250. The molecule has 0 fully saturated rings. The first kappa shape index (κ1) is 14.6. The van der Waals surface area contributed by atoms with Gasteiger partial charge in [-0.2, -0.15) is 0 Å². The lowest BCUT2D eigenvalue weighted by molar-refractivity contribution is 0.698. The number of aromatic nitrogens is 1. The molecule has 2 nitrogen and oxygen atoms in total. The van der Waals surface area contributed by atoms with Gasteiger partial charge in [-0.05, 0) is 37.0 Å². The van der Waals surface area contributed by atoms with Crippen molar-refractivity contribution in [3.05, 3.63) is 72.4 Å². The molecule has 0 radical (unpaired) electrons. The maximum Gasteiger partial charge on any atom is 0.0722 e. The van der Waals surface area contributed by atoms with E-state index in [1.165, 1.54) is 42.3 Å². The molecule has 2 heteroatoms. The molecule has 0 saturated carbocycles. The van der Waals surface area contributed by atoms with E-state index in [4.69, 9.17) is 0 Å². The second-order valence-corrected chi connectivity index (χ2v) is 5.60. The fourth-order valence-electron chi connectivity index (χ4n) is 2.75. The molecule has 0 unspecified atom stereocenters. The monoisotopic (exact) mass is 290 g/mol. The summed E-state index contributed by atoms with van der Waals surface area (Å²) in [5.74, 6) is 0. The maximum absolute atomic E-state index is 4.39. The second kappa shape index (κ2) is 7.60. The number of aryl methyl sites for hydroxylation is 1. The zero-order valence-electron chi connectivity index (χ0n) is 12.8. The molecule has 3 rings (SSSR count). The molecule has 0 aliphatic heterocycles. The van der Waals surface area contributed by atoms with Crippen molar-refractivity contribution in [1.29, 1.82) is 0 Å². The van der Waals surface area contributed by atoms with Crippen molar-refractivity contribution < 1.29 is 0 Å². The van der Waals surface area contributed by atoms with E-state index in [9.17, 15) is 0 Å². The van der Waals surface area contributed by atoms with Crippen molar-refractivity contribution in [3.8, 4) is 0 Å². The molecule has 0 bridgehead atoms. The number of nitrogens with one attached hydrogen (secondary N) is 1. The van der Waals surface area contributed by atoms with Crippen LogP contribution >= 0.6 is 0 Å². The number of hydrogen-bond donors (Lipinski definition) is 1. The number of hydrogen-bond acceptors (Lipinski definition) is 2. The quantitative estimate of drug-likeness (QED) is 0.615. The Morgan fingerprint density at radius 3 is 2.50 bits per heavy atom. The van der Waals surface area contributed by atoms with Gasteiger partial charge in [0.15, 0.2) is 0 Å². The van der Waals surface area contributed by atoms with E-state index in [0.717, 1.165) is 12.1 Å². The third-order valence-corrected chi connectivity index (χ3v) is 3.95. The Hall–Kier alpha value is -2.35. The summed E-state index contributed by atoms with van der Waals surface area (Å²) < 4.78 is 0. The van der Waals surface area contributed by atoms with Gasteiger partial charge in [0, 0.05) is 23.8 Å². The Morgan fingerprint density at radius 2 is 1.59 bits per heavy atom. The molecule has 3 aromatic rings. The lowest BCUT2D eigenvalue weighted by Gasteiger charge is -2.09. The van der Waals surface area contributed by atoms with Gasteiger partial charge in [-0.15, -0.1) is 0 Å². The van der Waals surface area contributed by atoms with Gasteiger partial charge in [0.2, 0.25) is 0 Å². The molecule has 0 atom stereocenters. The maximum atomic E-state index is 4.39. The van der Waals surface area contributed by atoms with E-state index in [2.05, 4.69) is 64.9 Å². The average Bonchev–Trinajstić information content (AvgIpc) is 2.59. The average molecular weight is 290 g/mol. The highest BCUT2D eigenvalue weighted by Gasteiger charge is 2.00. The van der Waals surface area contributed by atoms with Crippen LogP contribution in [0, 0.1) is 0 Å². The van der Waals surface area contributed by atoms with E-state index >= 15 is 0 Å². The van der Waals surface area contributed by atoms with Crippen molar-refractivity contribution in [2.45, 2.75) is 25.7 Å². The summed E-state index contributed by atoms with van der Waals surface area (Å²) in [6.45, 7) is 1.02. The molecule has 0 aliphatic carbocycles. The molecular formula is C20H22N2. The first-order valence-electron chi connectivity index (χ1n) is 8.05. The minimum Gasteiger partial charge on any atom is -0.384 e. The van der Waals surface area contributed by atoms with E-state index < -0.39 is 0 Å².